The second kappa shape index (κ2) is 5.50. The van der Waals surface area contributed by atoms with Gasteiger partial charge in [0.1, 0.15) is 5.82 Å². The maximum Gasteiger partial charge on any atom is 0.215 e. The van der Waals surface area contributed by atoms with E-state index in [0.717, 1.165) is 22.5 Å². The highest BCUT2D eigenvalue weighted by Gasteiger charge is 2.18. The van der Waals surface area contributed by atoms with E-state index in [1.165, 1.54) is 0 Å². The Labute approximate surface area is 133 Å². The van der Waals surface area contributed by atoms with E-state index in [1.54, 1.807) is 19.3 Å². The molecule has 0 aromatic carbocycles. The Morgan fingerprint density at radius 3 is 2.77 bits per heavy atom. The number of imidazole rings is 1. The number of hydrogen-bond acceptors (Lipinski definition) is 4. The lowest BCUT2D eigenvalue weighted by Crippen LogP contribution is -2.00. The summed E-state index contributed by atoms with van der Waals surface area (Å²) in [7, 11) is 3.50. The molecule has 0 bridgehead atoms. The number of aliphatic hydroxyl groups is 1. The second-order valence-electron chi connectivity index (χ2n) is 5.19. The average molecular weight is 318 g/mol. The number of pyridine rings is 1. The summed E-state index contributed by atoms with van der Waals surface area (Å²) in [4.78, 5) is 8.96. The molecule has 5 nitrogen and oxygen atoms in total. The molecule has 0 spiro atoms. The Hall–Kier alpha value is -2.27. The van der Waals surface area contributed by atoms with Crippen molar-refractivity contribution in [2.24, 2.45) is 7.05 Å². The predicted molar refractivity (Wildman–Crippen MR) is 86.9 cm³/mol. The molecule has 0 radical (unpaired) electrons. The Morgan fingerprint density at radius 2 is 2.05 bits per heavy atom. The first-order valence-electron chi connectivity index (χ1n) is 6.84. The Balaban J connectivity index is 2.19. The summed E-state index contributed by atoms with van der Waals surface area (Å²) in [6.45, 7) is 1.96. The van der Waals surface area contributed by atoms with Gasteiger partial charge in [0.05, 0.1) is 18.4 Å². The Morgan fingerprint density at radius 1 is 1.27 bits per heavy atom. The third kappa shape index (κ3) is 2.48. The summed E-state index contributed by atoms with van der Waals surface area (Å²) in [5.74, 6) is 1.50. The number of methoxy groups -OCH3 is 1. The minimum absolute atomic E-state index is 0.214. The number of aromatic nitrogens is 3. The average Bonchev–Trinajstić information content (AvgIpc) is 2.73. The smallest absolute Gasteiger partial charge is 0.215 e. The fourth-order valence-corrected chi connectivity index (χ4v) is 2.85. The molecule has 0 aliphatic heterocycles. The van der Waals surface area contributed by atoms with E-state index in [9.17, 15) is 5.11 Å². The van der Waals surface area contributed by atoms with Crippen LogP contribution in [0.3, 0.4) is 0 Å². The molecular weight excluding hydrogens is 302 g/mol. The van der Waals surface area contributed by atoms with E-state index in [4.69, 9.17) is 16.3 Å². The van der Waals surface area contributed by atoms with Crippen LogP contribution in [0.25, 0.3) is 16.7 Å². The van der Waals surface area contributed by atoms with E-state index in [1.807, 2.05) is 30.7 Å². The minimum Gasteiger partial charge on any atom is -0.512 e. The highest BCUT2D eigenvalue weighted by atomic mass is 35.5. The van der Waals surface area contributed by atoms with Crippen LogP contribution in [0, 0.1) is 0 Å². The molecular formula is C16H16ClN3O2. The Bertz CT molecular complexity index is 846. The molecule has 1 N–H and O–H groups in total. The van der Waals surface area contributed by atoms with Gasteiger partial charge >= 0.3 is 0 Å². The number of nitrogens with zero attached hydrogens (tertiary/aromatic N) is 3. The number of hydrogen-bond donors (Lipinski definition) is 1. The first kappa shape index (κ1) is 14.7. The lowest BCUT2D eigenvalue weighted by Gasteiger charge is -2.08. The summed E-state index contributed by atoms with van der Waals surface area (Å²) in [6.07, 6.45) is 3.77. The molecule has 0 unspecified atom stereocenters. The van der Waals surface area contributed by atoms with Gasteiger partial charge in [-0.05, 0) is 30.7 Å². The second-order valence-corrected chi connectivity index (χ2v) is 5.63. The molecule has 114 valence electrons. The van der Waals surface area contributed by atoms with Crippen molar-refractivity contribution in [3.8, 4) is 5.88 Å². The third-order valence-corrected chi connectivity index (χ3v) is 3.91. The van der Waals surface area contributed by atoms with Crippen LogP contribution in [0.1, 0.15) is 19.2 Å². The lowest BCUT2D eigenvalue weighted by atomic mass is 10.1. The molecule has 22 heavy (non-hydrogen) atoms. The summed E-state index contributed by atoms with van der Waals surface area (Å²) >= 11 is 6.06. The largest absolute Gasteiger partial charge is 0.512 e. The zero-order chi connectivity index (χ0) is 15.9. The molecule has 2 aromatic heterocycles. The first-order chi connectivity index (χ1) is 10.5. The molecule has 1 aliphatic carbocycles. The van der Waals surface area contributed by atoms with Crippen LogP contribution in [0.5, 0.6) is 5.88 Å². The number of fused-ring (bicyclic) bond motifs is 1. The van der Waals surface area contributed by atoms with Crippen molar-refractivity contribution >= 4 is 28.3 Å². The van der Waals surface area contributed by atoms with E-state index in [2.05, 4.69) is 9.97 Å². The van der Waals surface area contributed by atoms with Crippen molar-refractivity contribution in [2.45, 2.75) is 13.3 Å². The summed E-state index contributed by atoms with van der Waals surface area (Å²) in [6, 6.07) is 3.72. The number of allylic oxidation sites excluding steroid dienone is 5. The van der Waals surface area contributed by atoms with Gasteiger partial charge in [0, 0.05) is 30.1 Å². The molecule has 0 amide bonds. The zero-order valence-corrected chi connectivity index (χ0v) is 13.3. The normalized spacial score (nSPS) is 15.6. The Kier molecular flexibility index (Phi) is 3.66. The van der Waals surface area contributed by atoms with Crippen LogP contribution in [0.4, 0.5) is 0 Å². The molecule has 0 saturated carbocycles. The van der Waals surface area contributed by atoms with Gasteiger partial charge in [0.2, 0.25) is 5.88 Å². The minimum atomic E-state index is 0.214. The monoisotopic (exact) mass is 317 g/mol. The van der Waals surface area contributed by atoms with Gasteiger partial charge in [-0.15, -0.1) is 0 Å². The summed E-state index contributed by atoms with van der Waals surface area (Å²) < 4.78 is 7.10. The van der Waals surface area contributed by atoms with Crippen LogP contribution in [0.15, 0.2) is 40.6 Å². The van der Waals surface area contributed by atoms with Crippen molar-refractivity contribution in [2.75, 3.05) is 7.11 Å². The van der Waals surface area contributed by atoms with Crippen LogP contribution in [0.2, 0.25) is 0 Å². The van der Waals surface area contributed by atoms with Gasteiger partial charge in [0.15, 0.2) is 5.65 Å². The van der Waals surface area contributed by atoms with Crippen molar-refractivity contribution < 1.29 is 9.84 Å². The van der Waals surface area contributed by atoms with E-state index >= 15 is 0 Å². The SMILES string of the molecule is COc1ccc2c(n1)nc(C1=C(C)C=C(Cl)C=C(O)C1)n2C. The van der Waals surface area contributed by atoms with Crippen LogP contribution < -0.4 is 4.74 Å². The number of halogens is 1. The highest BCUT2D eigenvalue weighted by molar-refractivity contribution is 6.31. The fourth-order valence-electron chi connectivity index (χ4n) is 2.56. The van der Waals surface area contributed by atoms with E-state index < -0.39 is 0 Å². The van der Waals surface area contributed by atoms with Crippen molar-refractivity contribution in [3.05, 3.63) is 46.5 Å². The molecule has 2 heterocycles. The summed E-state index contributed by atoms with van der Waals surface area (Å²) in [5, 5.41) is 10.5. The number of aryl methyl sites for hydroxylation is 1. The predicted octanol–water partition coefficient (Wildman–Crippen LogP) is 3.72. The molecule has 6 heteroatoms. The van der Waals surface area contributed by atoms with Crippen LogP contribution >= 0.6 is 11.6 Å². The van der Waals surface area contributed by atoms with Crippen LogP contribution in [-0.2, 0) is 7.05 Å². The molecule has 1 aliphatic rings. The van der Waals surface area contributed by atoms with E-state index in [0.29, 0.717) is 23.0 Å². The van der Waals surface area contributed by atoms with Gasteiger partial charge < -0.3 is 14.4 Å². The highest BCUT2D eigenvalue weighted by Crippen LogP contribution is 2.31. The first-order valence-corrected chi connectivity index (χ1v) is 7.21. The van der Waals surface area contributed by atoms with E-state index in [-0.39, 0.29) is 5.76 Å². The molecule has 2 aromatic rings. The topological polar surface area (TPSA) is 60.2 Å². The number of rotatable bonds is 2. The van der Waals surface area contributed by atoms with Crippen LogP contribution in [-0.4, -0.2) is 26.8 Å². The molecule has 0 atom stereocenters. The fraction of sp³-hybridized carbons (Fsp3) is 0.250. The third-order valence-electron chi connectivity index (χ3n) is 3.69. The van der Waals surface area contributed by atoms with Gasteiger partial charge in [-0.3, -0.25) is 0 Å². The maximum absolute atomic E-state index is 9.99. The number of aliphatic hydroxyl groups excluding tert-OH is 1. The lowest BCUT2D eigenvalue weighted by molar-refractivity contribution is 0.399. The molecule has 0 saturated heterocycles. The van der Waals surface area contributed by atoms with Gasteiger partial charge in [-0.2, -0.15) is 4.98 Å². The van der Waals surface area contributed by atoms with Gasteiger partial charge in [-0.25, -0.2) is 4.98 Å². The maximum atomic E-state index is 9.99. The molecule has 3 rings (SSSR count). The summed E-state index contributed by atoms with van der Waals surface area (Å²) in [5.41, 5.74) is 3.40. The molecule has 0 fully saturated rings. The number of ether oxygens (including phenoxy) is 1. The standard InChI is InChI=1S/C16H16ClN3O2/c1-9-6-10(17)7-11(21)8-12(9)16-19-15-13(20(16)2)4-5-14(18-15)22-3/h4-7,21H,8H2,1-3H3. The van der Waals surface area contributed by atoms with Crippen molar-refractivity contribution in [1.82, 2.24) is 14.5 Å². The zero-order valence-electron chi connectivity index (χ0n) is 12.6. The van der Waals surface area contributed by atoms with Gasteiger partial charge in [0.25, 0.3) is 0 Å². The quantitative estimate of drug-likeness (QED) is 0.917. The van der Waals surface area contributed by atoms with Crippen molar-refractivity contribution in [3.63, 3.8) is 0 Å². The van der Waals surface area contributed by atoms with Gasteiger partial charge in [-0.1, -0.05) is 11.6 Å². The van der Waals surface area contributed by atoms with Crippen molar-refractivity contribution in [1.29, 1.82) is 0 Å².